The number of amides is 2. The van der Waals surface area contributed by atoms with E-state index in [-0.39, 0.29) is 17.3 Å². The predicted octanol–water partition coefficient (Wildman–Crippen LogP) is 4.13. The van der Waals surface area contributed by atoms with Crippen LogP contribution in [-0.4, -0.2) is 26.3 Å². The summed E-state index contributed by atoms with van der Waals surface area (Å²) in [6.45, 7) is 2.13. The molecule has 0 radical (unpaired) electrons. The molecule has 158 valence electrons. The van der Waals surface area contributed by atoms with Gasteiger partial charge in [-0.2, -0.15) is 0 Å². The first kappa shape index (κ1) is 19.6. The van der Waals surface area contributed by atoms with Gasteiger partial charge in [-0.3, -0.25) is 14.5 Å². The summed E-state index contributed by atoms with van der Waals surface area (Å²) in [6, 6.07) is 14.7. The molecule has 5 rings (SSSR count). The zero-order chi connectivity index (χ0) is 22.2. The van der Waals surface area contributed by atoms with Crippen LogP contribution in [0, 0.1) is 12.7 Å². The minimum absolute atomic E-state index is 0.224. The number of benzene rings is 1. The van der Waals surface area contributed by atoms with Crippen LogP contribution in [0.4, 0.5) is 15.9 Å². The van der Waals surface area contributed by atoms with Gasteiger partial charge in [-0.05, 0) is 61.0 Å². The molecule has 0 unspecified atom stereocenters. The molecule has 7 nitrogen and oxygen atoms in total. The minimum atomic E-state index is -0.489. The van der Waals surface area contributed by atoms with Crippen molar-refractivity contribution in [2.24, 2.45) is 0 Å². The average molecular weight is 427 g/mol. The third-order valence-electron chi connectivity index (χ3n) is 5.38. The number of rotatable bonds is 3. The molecule has 1 aliphatic rings. The number of carbonyl (C=O) groups excluding carboxylic acids is 2. The lowest BCUT2D eigenvalue weighted by Crippen LogP contribution is -2.35. The molecule has 0 bridgehead atoms. The van der Waals surface area contributed by atoms with Crippen molar-refractivity contribution in [3.63, 3.8) is 0 Å². The Morgan fingerprint density at radius 2 is 1.94 bits per heavy atom. The van der Waals surface area contributed by atoms with Crippen molar-refractivity contribution in [1.29, 1.82) is 0 Å². The van der Waals surface area contributed by atoms with Crippen molar-refractivity contribution in [2.45, 2.75) is 13.5 Å². The average Bonchev–Trinajstić information content (AvgIpc) is 3.29. The van der Waals surface area contributed by atoms with E-state index in [1.165, 1.54) is 18.3 Å². The molecule has 8 heteroatoms. The highest BCUT2D eigenvalue weighted by atomic mass is 19.1. The van der Waals surface area contributed by atoms with Crippen LogP contribution in [0.15, 0.2) is 73.2 Å². The molecule has 1 aliphatic heterocycles. The molecule has 2 amide bonds. The zero-order valence-corrected chi connectivity index (χ0v) is 17.1. The van der Waals surface area contributed by atoms with Crippen molar-refractivity contribution in [1.82, 2.24) is 14.5 Å². The van der Waals surface area contributed by atoms with Crippen LogP contribution in [0.2, 0.25) is 0 Å². The summed E-state index contributed by atoms with van der Waals surface area (Å²) < 4.78 is 15.5. The Labute approximate surface area is 183 Å². The number of halogens is 1. The maximum atomic E-state index is 13.5. The van der Waals surface area contributed by atoms with Gasteiger partial charge in [0.25, 0.3) is 11.8 Å². The van der Waals surface area contributed by atoms with E-state index in [9.17, 15) is 14.0 Å². The van der Waals surface area contributed by atoms with Crippen molar-refractivity contribution < 1.29 is 14.0 Å². The second-order valence-corrected chi connectivity index (χ2v) is 7.45. The molecule has 0 spiro atoms. The minimum Gasteiger partial charge on any atom is -0.307 e. The summed E-state index contributed by atoms with van der Waals surface area (Å²) in [7, 11) is 0. The SMILES string of the molecule is Cc1ccc(F)cc1C(=O)Nc1ccc(C(=O)N2Cc3cccn3-c3ncccc32)cn1. The molecule has 1 N–H and O–H groups in total. The number of anilines is 2. The van der Waals surface area contributed by atoms with Gasteiger partial charge in [-0.15, -0.1) is 0 Å². The fraction of sp³-hybridized carbons (Fsp3) is 0.0833. The van der Waals surface area contributed by atoms with Gasteiger partial charge < -0.3 is 9.88 Å². The molecule has 0 saturated carbocycles. The van der Waals surface area contributed by atoms with E-state index in [4.69, 9.17) is 0 Å². The Kier molecular flexibility index (Phi) is 4.74. The van der Waals surface area contributed by atoms with E-state index in [0.717, 1.165) is 5.69 Å². The molecular weight excluding hydrogens is 409 g/mol. The molecule has 0 fully saturated rings. The standard InChI is InChI=1S/C24H18FN5O2/c1-15-6-8-17(25)12-19(15)23(31)28-21-9-7-16(13-27-21)24(32)30-14-18-4-3-11-29(18)22-20(30)5-2-10-26-22/h2-13H,14H2,1H3,(H,27,28,31). The van der Waals surface area contributed by atoms with Crippen LogP contribution in [-0.2, 0) is 6.54 Å². The van der Waals surface area contributed by atoms with Crippen molar-refractivity contribution in [3.05, 3.63) is 101 Å². The molecule has 3 aromatic heterocycles. The monoisotopic (exact) mass is 427 g/mol. The number of nitrogens with zero attached hydrogens (tertiary/aromatic N) is 4. The lowest BCUT2D eigenvalue weighted by Gasteiger charge is -2.30. The first-order valence-electron chi connectivity index (χ1n) is 9.98. The number of carbonyl (C=O) groups is 2. The highest BCUT2D eigenvalue weighted by Crippen LogP contribution is 2.31. The summed E-state index contributed by atoms with van der Waals surface area (Å²) in [6.07, 6.45) is 5.03. The molecule has 0 atom stereocenters. The second kappa shape index (κ2) is 7.73. The maximum Gasteiger partial charge on any atom is 0.260 e. The van der Waals surface area contributed by atoms with Gasteiger partial charge in [0.2, 0.25) is 0 Å². The third-order valence-corrected chi connectivity index (χ3v) is 5.38. The normalized spacial score (nSPS) is 12.1. The number of hydrogen-bond acceptors (Lipinski definition) is 4. The smallest absolute Gasteiger partial charge is 0.260 e. The van der Waals surface area contributed by atoms with E-state index in [0.29, 0.717) is 29.2 Å². The summed E-state index contributed by atoms with van der Waals surface area (Å²) in [5.41, 5.74) is 2.91. The van der Waals surface area contributed by atoms with Crippen molar-refractivity contribution in [2.75, 3.05) is 10.2 Å². The number of fused-ring (bicyclic) bond motifs is 3. The number of pyridine rings is 2. The highest BCUT2D eigenvalue weighted by Gasteiger charge is 2.27. The van der Waals surface area contributed by atoms with Gasteiger partial charge >= 0.3 is 0 Å². The third kappa shape index (κ3) is 3.41. The largest absolute Gasteiger partial charge is 0.307 e. The Balaban J connectivity index is 1.37. The van der Waals surface area contributed by atoms with Crippen LogP contribution in [0.25, 0.3) is 5.82 Å². The first-order valence-corrected chi connectivity index (χ1v) is 9.98. The van der Waals surface area contributed by atoms with Crippen LogP contribution in [0.3, 0.4) is 0 Å². The van der Waals surface area contributed by atoms with Crippen LogP contribution in [0.5, 0.6) is 0 Å². The molecule has 4 heterocycles. The maximum absolute atomic E-state index is 13.5. The van der Waals surface area contributed by atoms with Crippen LogP contribution < -0.4 is 10.2 Å². The Hall–Kier alpha value is -4.33. The topological polar surface area (TPSA) is 80.1 Å². The van der Waals surface area contributed by atoms with Gasteiger partial charge in [0.15, 0.2) is 5.82 Å². The van der Waals surface area contributed by atoms with E-state index in [2.05, 4.69) is 15.3 Å². The molecular formula is C24H18FN5O2. The van der Waals surface area contributed by atoms with Gasteiger partial charge in [0, 0.05) is 29.8 Å². The Bertz CT molecular complexity index is 1350. The number of aromatic nitrogens is 3. The number of nitrogens with one attached hydrogen (secondary N) is 1. The van der Waals surface area contributed by atoms with E-state index < -0.39 is 11.7 Å². The molecule has 4 aromatic rings. The Morgan fingerprint density at radius 1 is 1.06 bits per heavy atom. The summed E-state index contributed by atoms with van der Waals surface area (Å²) in [5, 5.41) is 2.64. The highest BCUT2D eigenvalue weighted by molar-refractivity contribution is 6.08. The van der Waals surface area contributed by atoms with E-state index in [1.807, 2.05) is 29.0 Å². The summed E-state index contributed by atoms with van der Waals surface area (Å²) >= 11 is 0. The van der Waals surface area contributed by atoms with Crippen molar-refractivity contribution in [3.8, 4) is 5.82 Å². The summed E-state index contributed by atoms with van der Waals surface area (Å²) in [4.78, 5) is 36.0. The van der Waals surface area contributed by atoms with Crippen molar-refractivity contribution >= 4 is 23.3 Å². The van der Waals surface area contributed by atoms with Gasteiger partial charge in [-0.1, -0.05) is 6.07 Å². The zero-order valence-electron chi connectivity index (χ0n) is 17.1. The van der Waals surface area contributed by atoms with Crippen LogP contribution in [0.1, 0.15) is 32.0 Å². The van der Waals surface area contributed by atoms with Crippen LogP contribution >= 0.6 is 0 Å². The lowest BCUT2D eigenvalue weighted by molar-refractivity contribution is 0.0982. The number of hydrogen-bond donors (Lipinski definition) is 1. The molecule has 0 aliphatic carbocycles. The predicted molar refractivity (Wildman–Crippen MR) is 117 cm³/mol. The molecule has 0 saturated heterocycles. The van der Waals surface area contributed by atoms with Gasteiger partial charge in [0.05, 0.1) is 17.8 Å². The quantitative estimate of drug-likeness (QED) is 0.533. The Morgan fingerprint density at radius 3 is 2.75 bits per heavy atom. The fourth-order valence-electron chi connectivity index (χ4n) is 3.74. The summed E-state index contributed by atoms with van der Waals surface area (Å²) in [5.74, 6) is -0.222. The molecule has 32 heavy (non-hydrogen) atoms. The molecule has 1 aromatic carbocycles. The first-order chi connectivity index (χ1) is 15.5. The number of aryl methyl sites for hydroxylation is 1. The van der Waals surface area contributed by atoms with E-state index >= 15 is 0 Å². The fourth-order valence-corrected chi connectivity index (χ4v) is 3.74. The second-order valence-electron chi connectivity index (χ2n) is 7.45. The van der Waals surface area contributed by atoms with E-state index in [1.54, 1.807) is 42.3 Å². The van der Waals surface area contributed by atoms with Gasteiger partial charge in [-0.25, -0.2) is 14.4 Å². The lowest BCUT2D eigenvalue weighted by atomic mass is 10.1. The van der Waals surface area contributed by atoms with Gasteiger partial charge in [0.1, 0.15) is 11.6 Å².